The molecule has 1 amide bonds. The number of hydrogen-bond donors (Lipinski definition) is 5. The standard InChI is InChI=1S/C14H25N5OS/c1-9-4-10(7-17-13(15)16)6-11(5-9)19-12(20)8-18-14(2,3)21/h5-6,9,18,21H,4,7-8H2,1-3H3,(H,19,20)(H4,15,16,17). The van der Waals surface area contributed by atoms with Gasteiger partial charge in [-0.3, -0.25) is 10.1 Å². The number of nitrogens with two attached hydrogens (primary N) is 2. The van der Waals surface area contributed by atoms with Crippen LogP contribution in [0.25, 0.3) is 0 Å². The number of rotatable bonds is 6. The van der Waals surface area contributed by atoms with Crippen LogP contribution in [0.2, 0.25) is 0 Å². The van der Waals surface area contributed by atoms with Gasteiger partial charge in [0, 0.05) is 5.70 Å². The molecule has 0 spiro atoms. The van der Waals surface area contributed by atoms with E-state index in [2.05, 4.69) is 35.2 Å². The Kier molecular flexibility index (Phi) is 6.29. The highest BCUT2D eigenvalue weighted by Gasteiger charge is 2.15. The number of amides is 1. The van der Waals surface area contributed by atoms with Crippen molar-refractivity contribution in [3.05, 3.63) is 23.4 Å². The Morgan fingerprint density at radius 3 is 2.76 bits per heavy atom. The van der Waals surface area contributed by atoms with Crippen molar-refractivity contribution >= 4 is 24.5 Å². The predicted molar refractivity (Wildman–Crippen MR) is 89.8 cm³/mol. The van der Waals surface area contributed by atoms with Crippen LogP contribution in [0.4, 0.5) is 0 Å². The first-order chi connectivity index (χ1) is 9.65. The third kappa shape index (κ3) is 7.77. The molecule has 0 heterocycles. The van der Waals surface area contributed by atoms with E-state index in [4.69, 9.17) is 11.5 Å². The van der Waals surface area contributed by atoms with Crippen molar-refractivity contribution in [2.75, 3.05) is 13.1 Å². The molecule has 0 aromatic carbocycles. The molecule has 7 heteroatoms. The van der Waals surface area contributed by atoms with Crippen molar-refractivity contribution in [2.24, 2.45) is 22.4 Å². The van der Waals surface area contributed by atoms with E-state index in [1.54, 1.807) is 0 Å². The summed E-state index contributed by atoms with van der Waals surface area (Å²) in [4.78, 5) is 15.5. The van der Waals surface area contributed by atoms with Gasteiger partial charge in [0.1, 0.15) is 0 Å². The Balaban J connectivity index is 2.60. The molecule has 0 aromatic rings. The average Bonchev–Trinajstić information content (AvgIpc) is 2.32. The average molecular weight is 311 g/mol. The first kappa shape index (κ1) is 17.6. The summed E-state index contributed by atoms with van der Waals surface area (Å²) in [5.41, 5.74) is 12.6. The lowest BCUT2D eigenvalue weighted by Gasteiger charge is -2.21. The first-order valence-electron chi connectivity index (χ1n) is 6.89. The van der Waals surface area contributed by atoms with E-state index in [-0.39, 0.29) is 23.3 Å². The van der Waals surface area contributed by atoms with Gasteiger partial charge in [0.2, 0.25) is 5.91 Å². The fraction of sp³-hybridized carbons (Fsp3) is 0.571. The van der Waals surface area contributed by atoms with E-state index in [0.29, 0.717) is 12.5 Å². The van der Waals surface area contributed by atoms with E-state index in [1.807, 2.05) is 26.0 Å². The fourth-order valence-corrected chi connectivity index (χ4v) is 2.07. The molecular weight excluding hydrogens is 286 g/mol. The van der Waals surface area contributed by atoms with E-state index >= 15 is 0 Å². The van der Waals surface area contributed by atoms with Gasteiger partial charge in [-0.05, 0) is 37.8 Å². The van der Waals surface area contributed by atoms with Gasteiger partial charge in [-0.25, -0.2) is 4.99 Å². The summed E-state index contributed by atoms with van der Waals surface area (Å²) in [6.45, 7) is 6.53. The van der Waals surface area contributed by atoms with E-state index in [1.165, 1.54) is 0 Å². The van der Waals surface area contributed by atoms with Gasteiger partial charge in [0.15, 0.2) is 5.96 Å². The molecule has 0 bridgehead atoms. The third-order valence-electron chi connectivity index (χ3n) is 2.84. The zero-order valence-electron chi connectivity index (χ0n) is 12.8. The van der Waals surface area contributed by atoms with Crippen LogP contribution in [0.5, 0.6) is 0 Å². The Labute approximate surface area is 131 Å². The lowest BCUT2D eigenvalue weighted by molar-refractivity contribution is -0.119. The Hall–Kier alpha value is -1.47. The molecule has 6 nitrogen and oxygen atoms in total. The number of nitrogens with one attached hydrogen (secondary N) is 2. The van der Waals surface area contributed by atoms with Crippen molar-refractivity contribution in [3.8, 4) is 0 Å². The maximum Gasteiger partial charge on any atom is 0.238 e. The highest BCUT2D eigenvalue weighted by molar-refractivity contribution is 7.81. The number of aliphatic imine (C=N–C) groups is 1. The minimum Gasteiger partial charge on any atom is -0.370 e. The summed E-state index contributed by atoms with van der Waals surface area (Å²) in [5.74, 6) is 0.308. The van der Waals surface area contributed by atoms with Crippen LogP contribution in [0.1, 0.15) is 27.2 Å². The number of guanidine groups is 1. The number of allylic oxidation sites excluding steroid dienone is 2. The largest absolute Gasteiger partial charge is 0.370 e. The normalized spacial score (nSPS) is 18.6. The van der Waals surface area contributed by atoms with Crippen LogP contribution < -0.4 is 22.1 Å². The number of hydrogen-bond acceptors (Lipinski definition) is 4. The predicted octanol–water partition coefficient (Wildman–Crippen LogP) is 0.482. The maximum atomic E-state index is 11.9. The highest BCUT2D eigenvalue weighted by Crippen LogP contribution is 2.21. The second kappa shape index (κ2) is 7.51. The minimum absolute atomic E-state index is 0.0731. The van der Waals surface area contributed by atoms with Crippen molar-refractivity contribution in [1.29, 1.82) is 0 Å². The molecule has 1 aliphatic rings. The maximum absolute atomic E-state index is 11.9. The number of nitrogens with zero attached hydrogens (tertiary/aromatic N) is 1. The molecule has 0 fully saturated rings. The first-order valence-corrected chi connectivity index (χ1v) is 7.34. The number of thiol groups is 1. The fourth-order valence-electron chi connectivity index (χ4n) is 1.99. The molecule has 1 unspecified atom stereocenters. The van der Waals surface area contributed by atoms with E-state index in [0.717, 1.165) is 17.7 Å². The van der Waals surface area contributed by atoms with Gasteiger partial charge >= 0.3 is 0 Å². The third-order valence-corrected chi connectivity index (χ3v) is 3.00. The molecule has 21 heavy (non-hydrogen) atoms. The van der Waals surface area contributed by atoms with Gasteiger partial charge in [-0.1, -0.05) is 13.0 Å². The highest BCUT2D eigenvalue weighted by atomic mass is 32.1. The SMILES string of the molecule is CC1C=C(NC(=O)CNC(C)(C)S)C=C(CN=C(N)N)C1. The summed E-state index contributed by atoms with van der Waals surface area (Å²) in [5, 5.41) is 5.90. The summed E-state index contributed by atoms with van der Waals surface area (Å²) >= 11 is 4.31. The van der Waals surface area contributed by atoms with Gasteiger partial charge in [-0.2, -0.15) is 12.6 Å². The monoisotopic (exact) mass is 311 g/mol. The zero-order chi connectivity index (χ0) is 16.0. The van der Waals surface area contributed by atoms with Crippen LogP contribution >= 0.6 is 12.6 Å². The molecule has 0 saturated heterocycles. The lowest BCUT2D eigenvalue weighted by Crippen LogP contribution is -2.41. The van der Waals surface area contributed by atoms with Gasteiger partial charge < -0.3 is 16.8 Å². The number of carbonyl (C=O) groups is 1. The molecular formula is C14H25N5OS. The Morgan fingerprint density at radius 2 is 2.19 bits per heavy atom. The van der Waals surface area contributed by atoms with Crippen molar-refractivity contribution in [3.63, 3.8) is 0 Å². The van der Waals surface area contributed by atoms with Crippen molar-refractivity contribution in [2.45, 2.75) is 32.1 Å². The second-order valence-electron chi connectivity index (χ2n) is 5.81. The van der Waals surface area contributed by atoms with Gasteiger partial charge in [-0.15, -0.1) is 0 Å². The quantitative estimate of drug-likeness (QED) is 0.213. The smallest absolute Gasteiger partial charge is 0.238 e. The van der Waals surface area contributed by atoms with E-state index < -0.39 is 0 Å². The summed E-state index contributed by atoms with van der Waals surface area (Å²) in [6, 6.07) is 0. The summed E-state index contributed by atoms with van der Waals surface area (Å²) in [7, 11) is 0. The van der Waals surface area contributed by atoms with Gasteiger partial charge in [0.25, 0.3) is 0 Å². The molecule has 0 aliphatic heterocycles. The molecule has 1 rings (SSSR count). The van der Waals surface area contributed by atoms with Crippen molar-refractivity contribution in [1.82, 2.24) is 10.6 Å². The lowest BCUT2D eigenvalue weighted by atomic mass is 9.94. The molecule has 1 atom stereocenters. The van der Waals surface area contributed by atoms with E-state index in [9.17, 15) is 4.79 Å². The molecule has 0 aromatic heterocycles. The number of carbonyl (C=O) groups excluding carboxylic acids is 1. The zero-order valence-corrected chi connectivity index (χ0v) is 13.7. The molecule has 0 saturated carbocycles. The van der Waals surface area contributed by atoms with Crippen LogP contribution in [0, 0.1) is 5.92 Å². The molecule has 0 radical (unpaired) electrons. The second-order valence-corrected chi connectivity index (χ2v) is 6.93. The van der Waals surface area contributed by atoms with Crippen molar-refractivity contribution < 1.29 is 4.79 Å². The minimum atomic E-state index is -0.389. The molecule has 6 N–H and O–H groups in total. The summed E-state index contributed by atoms with van der Waals surface area (Å²) < 4.78 is 0. The topological polar surface area (TPSA) is 106 Å². The van der Waals surface area contributed by atoms with Crippen LogP contribution in [-0.2, 0) is 4.79 Å². The summed E-state index contributed by atoms with van der Waals surface area (Å²) in [6.07, 6.45) is 4.84. The van der Waals surface area contributed by atoms with Crippen LogP contribution in [-0.4, -0.2) is 29.8 Å². The molecule has 1 aliphatic carbocycles. The molecule has 118 valence electrons. The van der Waals surface area contributed by atoms with Crippen LogP contribution in [0.15, 0.2) is 28.4 Å². The Bertz CT molecular complexity index is 472. The van der Waals surface area contributed by atoms with Gasteiger partial charge in [0.05, 0.1) is 18.0 Å². The Morgan fingerprint density at radius 1 is 1.52 bits per heavy atom. The van der Waals surface area contributed by atoms with Crippen LogP contribution in [0.3, 0.4) is 0 Å².